The molecule has 0 radical (unpaired) electrons. The summed E-state index contributed by atoms with van der Waals surface area (Å²) in [6, 6.07) is 4.13. The molecule has 0 amide bonds. The van der Waals surface area contributed by atoms with Crippen LogP contribution in [0.3, 0.4) is 0 Å². The highest BCUT2D eigenvalue weighted by molar-refractivity contribution is 6.84. The van der Waals surface area contributed by atoms with Crippen LogP contribution in [0.25, 0.3) is 0 Å². The zero-order valence-electron chi connectivity index (χ0n) is 9.64. The first-order chi connectivity index (χ1) is 6.14. The van der Waals surface area contributed by atoms with Crippen LogP contribution in [0.15, 0.2) is 24.4 Å². The molecule has 0 aromatic heterocycles. The first-order valence-electron chi connectivity index (χ1n) is 5.46. The van der Waals surface area contributed by atoms with Crippen LogP contribution in [0.2, 0.25) is 18.1 Å². The maximum atomic E-state index is 3.80. The van der Waals surface area contributed by atoms with Gasteiger partial charge in [0.15, 0.2) is 0 Å². The average molecular weight is 196 g/mol. The largest absolute Gasteiger partial charge is 0.103 e. The summed E-state index contributed by atoms with van der Waals surface area (Å²) in [6.45, 7) is 13.0. The van der Waals surface area contributed by atoms with E-state index in [1.165, 1.54) is 18.1 Å². The van der Waals surface area contributed by atoms with E-state index in [0.29, 0.717) is 5.92 Å². The predicted octanol–water partition coefficient (Wildman–Crippen LogP) is 4.41. The molecule has 0 N–H and O–H groups in total. The van der Waals surface area contributed by atoms with Gasteiger partial charge in [0.1, 0.15) is 0 Å². The lowest BCUT2D eigenvalue weighted by Crippen LogP contribution is -2.28. The van der Waals surface area contributed by atoms with Gasteiger partial charge in [0.2, 0.25) is 0 Å². The lowest BCUT2D eigenvalue weighted by atomic mass is 10.2. The van der Waals surface area contributed by atoms with E-state index < -0.39 is 8.07 Å². The second-order valence-corrected chi connectivity index (χ2v) is 9.06. The molecule has 0 aliphatic rings. The molecule has 0 rings (SSSR count). The third-order valence-electron chi connectivity index (χ3n) is 3.24. The summed E-state index contributed by atoms with van der Waals surface area (Å²) >= 11 is 0. The fourth-order valence-corrected chi connectivity index (χ4v) is 4.46. The number of allylic oxidation sites excluding steroid dienone is 2. The maximum Gasteiger partial charge on any atom is 0.0766 e. The fourth-order valence-electron chi connectivity index (χ4n) is 1.54. The topological polar surface area (TPSA) is 0 Å². The highest BCUT2D eigenvalue weighted by Gasteiger charge is 2.22. The normalized spacial score (nSPS) is 14.8. The van der Waals surface area contributed by atoms with Crippen molar-refractivity contribution in [2.75, 3.05) is 0 Å². The Morgan fingerprint density at radius 3 is 1.92 bits per heavy atom. The van der Waals surface area contributed by atoms with Crippen LogP contribution < -0.4 is 0 Å². The average Bonchev–Trinajstić information content (AvgIpc) is 2.20. The number of hydrogen-bond donors (Lipinski definition) is 0. The molecule has 0 saturated heterocycles. The van der Waals surface area contributed by atoms with Gasteiger partial charge in [-0.1, -0.05) is 63.7 Å². The molecule has 1 heteroatoms. The Balaban J connectivity index is 4.39. The first-order valence-corrected chi connectivity index (χ1v) is 8.15. The molecular formula is C12H24Si. The fraction of sp³-hybridized carbons (Fsp3) is 0.667. The van der Waals surface area contributed by atoms with Gasteiger partial charge in [-0.15, -0.1) is 6.58 Å². The van der Waals surface area contributed by atoms with Gasteiger partial charge in [-0.2, -0.15) is 0 Å². The molecule has 0 nitrogen and oxygen atoms in total. The van der Waals surface area contributed by atoms with Gasteiger partial charge in [-0.25, -0.2) is 0 Å². The van der Waals surface area contributed by atoms with Gasteiger partial charge in [0.25, 0.3) is 0 Å². The summed E-state index contributed by atoms with van der Waals surface area (Å²) in [4.78, 5) is 0. The van der Waals surface area contributed by atoms with Gasteiger partial charge >= 0.3 is 0 Å². The Bertz CT molecular complexity index is 158. The van der Waals surface area contributed by atoms with E-state index in [1.54, 1.807) is 0 Å². The second kappa shape index (κ2) is 6.20. The molecule has 0 saturated carbocycles. The van der Waals surface area contributed by atoms with Crippen molar-refractivity contribution >= 4 is 8.07 Å². The van der Waals surface area contributed by atoms with Crippen molar-refractivity contribution in [3.63, 3.8) is 0 Å². The van der Waals surface area contributed by atoms with E-state index >= 15 is 0 Å². The zero-order chi connectivity index (χ0) is 10.3. The summed E-state index contributed by atoms with van der Waals surface area (Å²) < 4.78 is 0. The predicted molar refractivity (Wildman–Crippen MR) is 65.7 cm³/mol. The molecule has 0 aliphatic carbocycles. The summed E-state index contributed by atoms with van der Waals surface area (Å²) in [7, 11) is -1.02. The minimum Gasteiger partial charge on any atom is -0.103 e. The van der Waals surface area contributed by atoms with Crippen LogP contribution in [0.1, 0.15) is 27.7 Å². The molecule has 0 spiro atoms. The number of hydrogen-bond acceptors (Lipinski definition) is 0. The van der Waals surface area contributed by atoms with Crippen LogP contribution in [-0.4, -0.2) is 8.07 Å². The van der Waals surface area contributed by atoms with E-state index in [0.717, 1.165) is 0 Å². The van der Waals surface area contributed by atoms with E-state index in [2.05, 4.69) is 46.0 Å². The van der Waals surface area contributed by atoms with Crippen molar-refractivity contribution in [1.82, 2.24) is 0 Å². The molecule has 0 fully saturated rings. The Morgan fingerprint density at radius 2 is 1.62 bits per heavy atom. The molecule has 0 bridgehead atoms. The molecule has 1 unspecified atom stereocenters. The Labute approximate surface area is 84.8 Å². The zero-order valence-corrected chi connectivity index (χ0v) is 10.6. The molecule has 0 aromatic rings. The molecule has 1 atom stereocenters. The lowest BCUT2D eigenvalue weighted by molar-refractivity contribution is 0.943. The van der Waals surface area contributed by atoms with Crippen molar-refractivity contribution in [2.24, 2.45) is 5.92 Å². The van der Waals surface area contributed by atoms with Gasteiger partial charge in [-0.05, 0) is 5.92 Å². The van der Waals surface area contributed by atoms with Crippen molar-refractivity contribution in [1.29, 1.82) is 0 Å². The summed E-state index contributed by atoms with van der Waals surface area (Å²) in [5, 5.41) is 0. The lowest BCUT2D eigenvalue weighted by Gasteiger charge is -2.23. The molecule has 0 heterocycles. The van der Waals surface area contributed by atoms with Gasteiger partial charge in [0, 0.05) is 0 Å². The Morgan fingerprint density at radius 1 is 1.15 bits per heavy atom. The highest BCUT2D eigenvalue weighted by Crippen LogP contribution is 2.22. The van der Waals surface area contributed by atoms with E-state index in [9.17, 15) is 0 Å². The molecule has 0 aromatic carbocycles. The smallest absolute Gasteiger partial charge is 0.0766 e. The Hall–Kier alpha value is -0.303. The Kier molecular flexibility index (Phi) is 6.05. The SMILES string of the molecule is C=CC(C)/C=C/[Si](CC)(CC)CC. The second-order valence-electron chi connectivity index (χ2n) is 3.88. The van der Waals surface area contributed by atoms with Crippen molar-refractivity contribution in [3.05, 3.63) is 24.4 Å². The van der Waals surface area contributed by atoms with Crippen LogP contribution >= 0.6 is 0 Å². The van der Waals surface area contributed by atoms with Gasteiger partial charge < -0.3 is 0 Å². The monoisotopic (exact) mass is 196 g/mol. The highest BCUT2D eigenvalue weighted by atomic mass is 28.3. The van der Waals surface area contributed by atoms with Crippen LogP contribution in [-0.2, 0) is 0 Å². The molecule has 76 valence electrons. The minimum absolute atomic E-state index is 0.538. The third-order valence-corrected chi connectivity index (χ3v) is 8.36. The van der Waals surface area contributed by atoms with Crippen molar-refractivity contribution in [2.45, 2.75) is 45.8 Å². The quantitative estimate of drug-likeness (QED) is 0.436. The van der Waals surface area contributed by atoms with E-state index in [4.69, 9.17) is 0 Å². The minimum atomic E-state index is -1.02. The molecular weight excluding hydrogens is 172 g/mol. The summed E-state index contributed by atoms with van der Waals surface area (Å²) in [5.41, 5.74) is 2.53. The van der Waals surface area contributed by atoms with Gasteiger partial charge in [-0.3, -0.25) is 0 Å². The summed E-state index contributed by atoms with van der Waals surface area (Å²) in [5.74, 6) is 0.538. The molecule has 13 heavy (non-hydrogen) atoms. The van der Waals surface area contributed by atoms with Crippen LogP contribution in [0.5, 0.6) is 0 Å². The van der Waals surface area contributed by atoms with Gasteiger partial charge in [0.05, 0.1) is 8.07 Å². The standard InChI is InChI=1S/C12H24Si/c1-6-12(5)10-11-13(7-2,8-3)9-4/h6,10-12H,1,7-9H2,2-5H3/b11-10+. The van der Waals surface area contributed by atoms with Crippen molar-refractivity contribution in [3.8, 4) is 0 Å². The first kappa shape index (κ1) is 12.7. The van der Waals surface area contributed by atoms with Crippen molar-refractivity contribution < 1.29 is 0 Å². The third kappa shape index (κ3) is 3.95. The molecule has 0 aliphatic heterocycles. The van der Waals surface area contributed by atoms with E-state index in [1.807, 2.05) is 6.08 Å². The van der Waals surface area contributed by atoms with Crippen LogP contribution in [0.4, 0.5) is 0 Å². The maximum absolute atomic E-state index is 3.80. The number of rotatable bonds is 6. The van der Waals surface area contributed by atoms with Crippen LogP contribution in [0, 0.1) is 5.92 Å². The summed E-state index contributed by atoms with van der Waals surface area (Å²) in [6.07, 6.45) is 4.35. The van der Waals surface area contributed by atoms with E-state index in [-0.39, 0.29) is 0 Å².